The van der Waals surface area contributed by atoms with Crippen LogP contribution in [0.25, 0.3) is 0 Å². The van der Waals surface area contributed by atoms with Crippen LogP contribution in [-0.4, -0.2) is 85.8 Å². The Morgan fingerprint density at radius 2 is 1.61 bits per heavy atom. The fourth-order valence-corrected chi connectivity index (χ4v) is 1.51. The third-order valence-corrected chi connectivity index (χ3v) is 2.65. The van der Waals surface area contributed by atoms with Crippen molar-refractivity contribution < 1.29 is 86.4 Å². The molecule has 1 N–H and O–H groups in total. The number of allylic oxidation sites excluding steroid dienone is 1. The van der Waals surface area contributed by atoms with Crippen molar-refractivity contribution >= 4 is 47.7 Å². The number of carboxylic acid groups (broad SMARTS) is 1. The van der Waals surface area contributed by atoms with E-state index in [0.717, 1.165) is 0 Å². The molecule has 0 aromatic rings. The average molecular weight is 539 g/mol. The molecule has 0 spiro atoms. The van der Waals surface area contributed by atoms with Gasteiger partial charge in [-0.15, -0.1) is 33.4 Å². The van der Waals surface area contributed by atoms with Crippen molar-refractivity contribution in [1.82, 2.24) is 0 Å². The van der Waals surface area contributed by atoms with Crippen molar-refractivity contribution in [1.29, 1.82) is 0 Å². The molecule has 1 rings (SSSR count). The van der Waals surface area contributed by atoms with Gasteiger partial charge in [0.15, 0.2) is 0 Å². The fraction of sp³-hybridized carbons (Fsp3) is 0.647. The Labute approximate surface area is 218 Å². The van der Waals surface area contributed by atoms with Crippen LogP contribution in [0.2, 0.25) is 0 Å². The monoisotopic (exact) mass is 537 g/mol. The van der Waals surface area contributed by atoms with Gasteiger partial charge in [0.1, 0.15) is 31.3 Å². The molecule has 0 aromatic carbocycles. The maximum absolute atomic E-state index is 10.0. The van der Waals surface area contributed by atoms with Crippen LogP contribution >= 0.6 is 23.2 Å². The zero-order chi connectivity index (χ0) is 25.7. The smallest absolute Gasteiger partial charge is 0.550 e. The van der Waals surface area contributed by atoms with Gasteiger partial charge in [-0.2, -0.15) is 0 Å². The molecule has 0 bridgehead atoms. The molecule has 1 fully saturated rings. The summed E-state index contributed by atoms with van der Waals surface area (Å²) in [5, 5.41) is 19.1. The molecule has 0 amide bonds. The molecule has 33 heavy (non-hydrogen) atoms. The Morgan fingerprint density at radius 1 is 1.27 bits per heavy atom. The maximum atomic E-state index is 10.0. The third kappa shape index (κ3) is 65.2. The van der Waals surface area contributed by atoms with Crippen molar-refractivity contribution in [2.45, 2.75) is 32.5 Å². The van der Waals surface area contributed by atoms with E-state index in [1.54, 1.807) is 0 Å². The molecule has 0 aromatic heterocycles. The normalized spacial score (nSPS) is 14.1. The fourth-order valence-electron chi connectivity index (χ4n) is 1.34. The molecule has 1 heterocycles. The summed E-state index contributed by atoms with van der Waals surface area (Å²) in [6, 6.07) is 0. The van der Waals surface area contributed by atoms with Gasteiger partial charge in [-0.1, -0.05) is 14.0 Å². The minimum absolute atomic E-state index is 0. The van der Waals surface area contributed by atoms with Gasteiger partial charge in [-0.05, 0) is 6.08 Å². The number of halogens is 3. The molecule has 0 saturated carbocycles. The van der Waals surface area contributed by atoms with Crippen molar-refractivity contribution in [2.75, 3.05) is 39.4 Å². The summed E-state index contributed by atoms with van der Waals surface area (Å²) in [5.74, 6) is -0.789. The molecular formula is C17H31Cl3LiNO11. The van der Waals surface area contributed by atoms with Gasteiger partial charge in [0, 0.05) is 12.4 Å². The predicted molar refractivity (Wildman–Crippen MR) is 104 cm³/mol. The molecule has 0 aliphatic carbocycles. The number of hydrogen-bond acceptors (Lipinski definition) is 11. The Morgan fingerprint density at radius 3 is 1.73 bits per heavy atom. The van der Waals surface area contributed by atoms with Crippen LogP contribution in [0.15, 0.2) is 12.7 Å². The zero-order valence-corrected chi connectivity index (χ0v) is 20.5. The number of rotatable bonds is 7. The third-order valence-electron chi connectivity index (χ3n) is 2.18. The van der Waals surface area contributed by atoms with Crippen LogP contribution in [0.4, 0.5) is 0 Å². The Kier molecular flexibility index (Phi) is 38.1. The molecule has 0 unspecified atom stereocenters. The number of alkyl halides is 2. The standard InChI is InChI=1S/C7H15NO3.C4H5ClO2.C3H4O.C2H3ClO.CH4.ClHO4.Li/c1-8(2,3)5-6(9)4-7(10)11;5-2-3-1-4(6)7-3;1-2-3-4;3-1-2-4;;2-1(3,4)5;/h6,9H,4-5H2,1-3H3;3H,1-2H2;2-3H,1H2;2H,1H2;1H4;(H,2,3,4,5);/q;;;;;;+1/p-1/t6-;3-;;;;;/m10...../s1. The first kappa shape index (κ1) is 45.7. The van der Waals surface area contributed by atoms with Crippen LogP contribution in [0.3, 0.4) is 0 Å². The summed E-state index contributed by atoms with van der Waals surface area (Å²) in [6.45, 7) is 3.54. The van der Waals surface area contributed by atoms with Crippen molar-refractivity contribution in [2.24, 2.45) is 0 Å². The van der Waals surface area contributed by atoms with E-state index in [1.165, 1.54) is 6.08 Å². The molecule has 192 valence electrons. The quantitative estimate of drug-likeness (QED) is 0.0802. The second-order valence-electron chi connectivity index (χ2n) is 6.24. The number of hydrogen-bond donors (Lipinski definition) is 1. The molecule has 12 nitrogen and oxygen atoms in total. The van der Waals surface area contributed by atoms with E-state index in [-0.39, 0.29) is 50.7 Å². The van der Waals surface area contributed by atoms with E-state index < -0.39 is 22.3 Å². The molecule has 2 atom stereocenters. The number of esters is 1. The largest absolute Gasteiger partial charge is 1.00 e. The van der Waals surface area contributed by atoms with Gasteiger partial charge >= 0.3 is 24.8 Å². The van der Waals surface area contributed by atoms with Gasteiger partial charge < -0.3 is 29.0 Å². The molecule has 1 saturated heterocycles. The number of aldehydes is 2. The average Bonchev–Trinajstić information content (AvgIpc) is 2.56. The molecule has 1 aliphatic rings. The van der Waals surface area contributed by atoms with E-state index >= 15 is 0 Å². The number of carboxylic acids is 1. The Balaban J connectivity index is -0.0000000725. The second-order valence-corrected chi connectivity index (χ2v) is 7.62. The first-order chi connectivity index (χ1) is 14.0. The van der Waals surface area contributed by atoms with E-state index in [1.807, 2.05) is 21.1 Å². The summed E-state index contributed by atoms with van der Waals surface area (Å²) in [7, 11) is 0.718. The van der Waals surface area contributed by atoms with E-state index in [9.17, 15) is 14.7 Å². The minimum atomic E-state index is -4.94. The van der Waals surface area contributed by atoms with Gasteiger partial charge in [-0.25, -0.2) is 18.6 Å². The van der Waals surface area contributed by atoms with Gasteiger partial charge in [0.2, 0.25) is 0 Å². The number of aliphatic hydroxyl groups excluding tert-OH is 1. The van der Waals surface area contributed by atoms with Crippen molar-refractivity contribution in [3.05, 3.63) is 12.7 Å². The number of nitrogens with zero attached hydrogens (tertiary/aromatic N) is 1. The molecule has 0 radical (unpaired) electrons. The summed E-state index contributed by atoms with van der Waals surface area (Å²) < 4.78 is 39.0. The van der Waals surface area contributed by atoms with Crippen molar-refractivity contribution in [3.8, 4) is 0 Å². The van der Waals surface area contributed by atoms with E-state index in [0.29, 0.717) is 35.9 Å². The summed E-state index contributed by atoms with van der Waals surface area (Å²) in [4.78, 5) is 38.1. The zero-order valence-electron chi connectivity index (χ0n) is 18.2. The SMILES string of the molecule is C.C=CC=O.C[N+](C)(C)C[C@H](O)CC(=O)[O-].O=C1C[C@@H](CCl)O1.O=CCCl.[Li+].[O-][Cl+3]([O-])([O-])[O-]. The molecule has 1 aliphatic heterocycles. The number of cyclic esters (lactones) is 1. The summed E-state index contributed by atoms with van der Waals surface area (Å²) in [5.41, 5.74) is 0. The molecular weight excluding hydrogens is 507 g/mol. The summed E-state index contributed by atoms with van der Waals surface area (Å²) in [6.07, 6.45) is 1.90. The predicted octanol–water partition coefficient (Wildman–Crippen LogP) is -7.59. The van der Waals surface area contributed by atoms with Crippen molar-refractivity contribution in [3.63, 3.8) is 0 Å². The second kappa shape index (κ2) is 27.5. The first-order valence-electron chi connectivity index (χ1n) is 8.08. The van der Waals surface area contributed by atoms with Gasteiger partial charge in [-0.3, -0.25) is 9.59 Å². The van der Waals surface area contributed by atoms with E-state index in [2.05, 4.69) is 11.3 Å². The number of aliphatic hydroxyl groups is 1. The maximum Gasteiger partial charge on any atom is 1.00 e. The topological polar surface area (TPSA) is 213 Å². The number of quaternary nitrogens is 1. The number of ether oxygens (including phenoxy) is 1. The van der Waals surface area contributed by atoms with Crippen LogP contribution in [0, 0.1) is 10.2 Å². The number of likely N-dealkylation sites (N-methyl/N-ethyl adjacent to an activating group) is 1. The van der Waals surface area contributed by atoms with Crippen LogP contribution in [-0.2, 0) is 23.9 Å². The Bertz CT molecular complexity index is 495. The van der Waals surface area contributed by atoms with Crippen LogP contribution in [0.5, 0.6) is 0 Å². The molecule has 16 heteroatoms. The number of carbonyl (C=O) groups excluding carboxylic acids is 4. The Hall–Kier alpha value is -0.753. The summed E-state index contributed by atoms with van der Waals surface area (Å²) >= 11 is 10.1. The van der Waals surface area contributed by atoms with Gasteiger partial charge in [0.05, 0.1) is 39.3 Å². The first-order valence-corrected chi connectivity index (χ1v) is 10.4. The van der Waals surface area contributed by atoms with Crippen LogP contribution in [0.1, 0.15) is 20.3 Å². The minimum Gasteiger partial charge on any atom is -0.550 e. The number of carbonyl (C=O) groups is 4. The van der Waals surface area contributed by atoms with Gasteiger partial charge in [0.25, 0.3) is 0 Å². The van der Waals surface area contributed by atoms with E-state index in [4.69, 9.17) is 56.5 Å². The number of aliphatic carboxylic acids is 1. The van der Waals surface area contributed by atoms with Crippen LogP contribution < -0.4 is 42.6 Å².